The summed E-state index contributed by atoms with van der Waals surface area (Å²) in [6.45, 7) is 6.89. The molecule has 0 unspecified atom stereocenters. The first-order valence-electron chi connectivity index (χ1n) is 7.73. The lowest BCUT2D eigenvalue weighted by atomic mass is 10.1. The number of aromatic nitrogens is 4. The maximum absolute atomic E-state index is 10.1. The molecule has 0 radical (unpaired) electrons. The monoisotopic (exact) mass is 311 g/mol. The molecular formula is C17H21N5O. The fourth-order valence-corrected chi connectivity index (χ4v) is 2.54. The highest BCUT2D eigenvalue weighted by Gasteiger charge is 2.19. The minimum absolute atomic E-state index is 0.505. The van der Waals surface area contributed by atoms with Crippen LogP contribution in [0.3, 0.4) is 0 Å². The van der Waals surface area contributed by atoms with Crippen molar-refractivity contribution in [3.8, 4) is 11.4 Å². The summed E-state index contributed by atoms with van der Waals surface area (Å²) in [7, 11) is 0. The van der Waals surface area contributed by atoms with Gasteiger partial charge in [0.2, 0.25) is 0 Å². The van der Waals surface area contributed by atoms with Gasteiger partial charge in [-0.1, -0.05) is 30.3 Å². The normalized spacial score (nSPS) is 11.8. The molecule has 1 aromatic carbocycles. The molecule has 2 aromatic heterocycles. The van der Waals surface area contributed by atoms with Crippen molar-refractivity contribution >= 4 is 11.5 Å². The molecule has 0 aliphatic carbocycles. The molecule has 0 saturated heterocycles. The van der Waals surface area contributed by atoms with Gasteiger partial charge in [0.05, 0.1) is 5.60 Å². The van der Waals surface area contributed by atoms with Crippen molar-refractivity contribution in [2.45, 2.75) is 26.4 Å². The van der Waals surface area contributed by atoms with Gasteiger partial charge < -0.3 is 10.0 Å². The number of likely N-dealkylation sites (N-methyl/N-ethyl adjacent to an activating group) is 1. The van der Waals surface area contributed by atoms with E-state index in [9.17, 15) is 5.11 Å². The number of aliphatic hydroxyl groups is 1. The van der Waals surface area contributed by atoms with Crippen LogP contribution in [0, 0.1) is 0 Å². The maximum atomic E-state index is 10.1. The van der Waals surface area contributed by atoms with Crippen LogP contribution < -0.4 is 4.90 Å². The van der Waals surface area contributed by atoms with Gasteiger partial charge in [-0.25, -0.2) is 0 Å². The smallest absolute Gasteiger partial charge is 0.185 e. The average Bonchev–Trinajstić information content (AvgIpc) is 2.95. The van der Waals surface area contributed by atoms with Gasteiger partial charge in [-0.2, -0.15) is 4.52 Å². The van der Waals surface area contributed by atoms with Crippen LogP contribution in [0.4, 0.5) is 5.82 Å². The van der Waals surface area contributed by atoms with E-state index in [1.54, 1.807) is 18.4 Å². The van der Waals surface area contributed by atoms with Crippen LogP contribution in [0.25, 0.3) is 17.0 Å². The summed E-state index contributed by atoms with van der Waals surface area (Å²) in [4.78, 5) is 2.04. The second kappa shape index (κ2) is 5.96. The summed E-state index contributed by atoms with van der Waals surface area (Å²) < 4.78 is 1.75. The molecule has 0 aliphatic rings. The Hall–Kier alpha value is -2.47. The van der Waals surface area contributed by atoms with Crippen molar-refractivity contribution in [3.05, 3.63) is 42.5 Å². The Morgan fingerprint density at radius 1 is 1.09 bits per heavy atom. The van der Waals surface area contributed by atoms with E-state index in [0.29, 0.717) is 18.0 Å². The Bertz CT molecular complexity index is 792. The molecule has 0 aliphatic heterocycles. The van der Waals surface area contributed by atoms with E-state index in [4.69, 9.17) is 0 Å². The molecule has 23 heavy (non-hydrogen) atoms. The standard InChI is InChI=1S/C17H21N5O/c1-4-21(12-17(2,3)23)15-11-10-14-18-19-16(22(14)20-15)13-8-6-5-7-9-13/h5-11,23H,4,12H2,1-3H3. The predicted octanol–water partition coefficient (Wildman–Crippen LogP) is 2.39. The zero-order valence-corrected chi connectivity index (χ0v) is 13.6. The lowest BCUT2D eigenvalue weighted by Crippen LogP contribution is -2.39. The van der Waals surface area contributed by atoms with Crippen LogP contribution in [0.1, 0.15) is 20.8 Å². The van der Waals surface area contributed by atoms with E-state index >= 15 is 0 Å². The van der Waals surface area contributed by atoms with Crippen molar-refractivity contribution in [2.75, 3.05) is 18.0 Å². The minimum atomic E-state index is -0.790. The molecule has 6 nitrogen and oxygen atoms in total. The molecule has 3 aromatic rings. The topological polar surface area (TPSA) is 66.5 Å². The first-order chi connectivity index (χ1) is 11.0. The van der Waals surface area contributed by atoms with Crippen LogP contribution in [-0.2, 0) is 0 Å². The molecule has 0 bridgehead atoms. The van der Waals surface area contributed by atoms with Gasteiger partial charge in [0.25, 0.3) is 0 Å². The summed E-state index contributed by atoms with van der Waals surface area (Å²) in [6.07, 6.45) is 0. The van der Waals surface area contributed by atoms with Gasteiger partial charge in [0.15, 0.2) is 11.5 Å². The molecule has 0 spiro atoms. The zero-order valence-electron chi connectivity index (χ0n) is 13.6. The summed E-state index contributed by atoms with van der Waals surface area (Å²) in [5, 5.41) is 23.2. The van der Waals surface area contributed by atoms with Gasteiger partial charge in [-0.15, -0.1) is 15.3 Å². The highest BCUT2D eigenvalue weighted by Crippen LogP contribution is 2.20. The van der Waals surface area contributed by atoms with E-state index in [1.807, 2.05) is 54.3 Å². The van der Waals surface area contributed by atoms with E-state index in [1.165, 1.54) is 0 Å². The van der Waals surface area contributed by atoms with Crippen molar-refractivity contribution < 1.29 is 5.11 Å². The molecule has 6 heteroatoms. The Morgan fingerprint density at radius 3 is 2.48 bits per heavy atom. The third-order valence-corrected chi connectivity index (χ3v) is 3.56. The molecular weight excluding hydrogens is 290 g/mol. The largest absolute Gasteiger partial charge is 0.389 e. The van der Waals surface area contributed by atoms with Crippen LogP contribution in [0.5, 0.6) is 0 Å². The zero-order chi connectivity index (χ0) is 16.4. The van der Waals surface area contributed by atoms with Crippen molar-refractivity contribution in [3.63, 3.8) is 0 Å². The van der Waals surface area contributed by atoms with Gasteiger partial charge in [0.1, 0.15) is 5.82 Å². The molecule has 0 amide bonds. The van der Waals surface area contributed by atoms with E-state index < -0.39 is 5.60 Å². The quantitative estimate of drug-likeness (QED) is 0.783. The number of benzene rings is 1. The molecule has 120 valence electrons. The number of anilines is 1. The molecule has 0 fully saturated rings. The van der Waals surface area contributed by atoms with Gasteiger partial charge in [-0.3, -0.25) is 0 Å². The van der Waals surface area contributed by atoms with E-state index in [0.717, 1.165) is 17.9 Å². The van der Waals surface area contributed by atoms with Crippen molar-refractivity contribution in [1.82, 2.24) is 19.8 Å². The maximum Gasteiger partial charge on any atom is 0.185 e. The lowest BCUT2D eigenvalue weighted by molar-refractivity contribution is 0.0874. The van der Waals surface area contributed by atoms with Crippen molar-refractivity contribution in [1.29, 1.82) is 0 Å². The van der Waals surface area contributed by atoms with Crippen LogP contribution >= 0.6 is 0 Å². The van der Waals surface area contributed by atoms with Crippen LogP contribution in [0.15, 0.2) is 42.5 Å². The SMILES string of the molecule is CCN(CC(C)(C)O)c1ccc2nnc(-c3ccccc3)n2n1. The fraction of sp³-hybridized carbons (Fsp3) is 0.353. The Morgan fingerprint density at radius 2 is 1.83 bits per heavy atom. The second-order valence-electron chi connectivity index (χ2n) is 6.18. The molecule has 3 rings (SSSR count). The lowest BCUT2D eigenvalue weighted by Gasteiger charge is -2.28. The summed E-state index contributed by atoms with van der Waals surface area (Å²) >= 11 is 0. The van der Waals surface area contributed by atoms with Crippen LogP contribution in [-0.4, -0.2) is 43.6 Å². The molecule has 2 heterocycles. The highest BCUT2D eigenvalue weighted by molar-refractivity contribution is 5.59. The Kier molecular flexibility index (Phi) is 4.00. The van der Waals surface area contributed by atoms with Gasteiger partial charge in [0, 0.05) is 18.7 Å². The molecule has 0 saturated carbocycles. The van der Waals surface area contributed by atoms with Gasteiger partial charge in [-0.05, 0) is 32.9 Å². The number of hydrogen-bond acceptors (Lipinski definition) is 5. The molecule has 0 atom stereocenters. The van der Waals surface area contributed by atoms with Crippen LogP contribution in [0.2, 0.25) is 0 Å². The third-order valence-electron chi connectivity index (χ3n) is 3.56. The number of hydrogen-bond donors (Lipinski definition) is 1. The molecule has 1 N–H and O–H groups in total. The number of rotatable bonds is 5. The van der Waals surface area contributed by atoms with E-state index in [-0.39, 0.29) is 0 Å². The first kappa shape index (κ1) is 15.4. The van der Waals surface area contributed by atoms with E-state index in [2.05, 4.69) is 15.3 Å². The fourth-order valence-electron chi connectivity index (χ4n) is 2.54. The summed E-state index contributed by atoms with van der Waals surface area (Å²) in [5.74, 6) is 1.50. The second-order valence-corrected chi connectivity index (χ2v) is 6.18. The predicted molar refractivity (Wildman–Crippen MR) is 90.4 cm³/mol. The number of nitrogens with zero attached hydrogens (tertiary/aromatic N) is 5. The highest BCUT2D eigenvalue weighted by atomic mass is 16.3. The third kappa shape index (κ3) is 3.32. The number of fused-ring (bicyclic) bond motifs is 1. The summed E-state index contributed by atoms with van der Waals surface area (Å²) in [6, 6.07) is 13.7. The minimum Gasteiger partial charge on any atom is -0.389 e. The average molecular weight is 311 g/mol. The van der Waals surface area contributed by atoms with Crippen molar-refractivity contribution in [2.24, 2.45) is 0 Å². The van der Waals surface area contributed by atoms with Gasteiger partial charge >= 0.3 is 0 Å². The summed E-state index contributed by atoms with van der Waals surface area (Å²) in [5.41, 5.74) is 0.879. The first-order valence-corrected chi connectivity index (χ1v) is 7.73. The Labute approximate surface area is 135 Å². The Balaban J connectivity index is 2.04.